The second-order valence-electron chi connectivity index (χ2n) is 8.62. The molecule has 38 heavy (non-hydrogen) atoms. The Hall–Kier alpha value is -4.94. The molecule has 0 aliphatic heterocycles. The first kappa shape index (κ1) is 26.1. The molecule has 0 fully saturated rings. The minimum Gasteiger partial charge on any atom is -0.0622 e. The summed E-state index contributed by atoms with van der Waals surface area (Å²) in [5.74, 6) is 0. The monoisotopic (exact) mass is 488 g/mol. The van der Waals surface area contributed by atoms with E-state index in [2.05, 4.69) is 170 Å². The molecule has 0 bridgehead atoms. The minimum absolute atomic E-state index is 1.15. The topological polar surface area (TPSA) is 0 Å². The van der Waals surface area contributed by atoms with Crippen LogP contribution in [0, 0.1) is 0 Å². The van der Waals surface area contributed by atoms with Gasteiger partial charge in [-0.25, -0.2) is 0 Å². The van der Waals surface area contributed by atoms with E-state index in [1.807, 2.05) is 24.3 Å². The molecule has 0 heterocycles. The van der Waals surface area contributed by atoms with Crippen LogP contribution in [0.15, 0.2) is 182 Å². The normalized spacial score (nSPS) is 13.1. The average molecular weight is 489 g/mol. The lowest BCUT2D eigenvalue weighted by atomic mass is 10.0. The minimum atomic E-state index is 1.15. The zero-order valence-corrected chi connectivity index (χ0v) is 21.5. The summed E-state index contributed by atoms with van der Waals surface area (Å²) in [5.41, 5.74) is 7.03. The van der Waals surface area contributed by atoms with Gasteiger partial charge in [0.05, 0.1) is 0 Å². The molecule has 0 aliphatic carbocycles. The van der Waals surface area contributed by atoms with Crippen molar-refractivity contribution in [2.45, 2.75) is 0 Å². The van der Waals surface area contributed by atoms with Gasteiger partial charge in [-0.3, -0.25) is 0 Å². The maximum atomic E-state index is 2.15. The Bertz CT molecular complexity index is 1330. The molecule has 4 aromatic carbocycles. The van der Waals surface area contributed by atoms with Crippen molar-refractivity contribution < 1.29 is 0 Å². The molecule has 0 heteroatoms. The summed E-state index contributed by atoms with van der Waals surface area (Å²) in [6.45, 7) is 0. The van der Waals surface area contributed by atoms with E-state index in [9.17, 15) is 0 Å². The van der Waals surface area contributed by atoms with Gasteiger partial charge in [0.2, 0.25) is 0 Å². The van der Waals surface area contributed by atoms with E-state index in [0.717, 1.165) is 11.1 Å². The van der Waals surface area contributed by atoms with Gasteiger partial charge in [-0.15, -0.1) is 0 Å². The largest absolute Gasteiger partial charge is 0.0622 e. The number of rotatable bonds is 10. The van der Waals surface area contributed by atoms with E-state index in [1.165, 1.54) is 22.3 Å². The second-order valence-corrected chi connectivity index (χ2v) is 8.62. The van der Waals surface area contributed by atoms with Crippen molar-refractivity contribution in [1.82, 2.24) is 0 Å². The third-order valence-corrected chi connectivity index (χ3v) is 5.83. The van der Waals surface area contributed by atoms with Crippen molar-refractivity contribution in [3.05, 3.63) is 204 Å². The van der Waals surface area contributed by atoms with Crippen LogP contribution in [0.25, 0.3) is 23.3 Å². The predicted molar refractivity (Wildman–Crippen MR) is 167 cm³/mol. The van der Waals surface area contributed by atoms with Crippen LogP contribution in [-0.4, -0.2) is 0 Å². The number of hydrogen-bond donors (Lipinski definition) is 0. The van der Waals surface area contributed by atoms with Crippen LogP contribution in [0.1, 0.15) is 22.3 Å². The molecule has 0 atom stereocenters. The van der Waals surface area contributed by atoms with Gasteiger partial charge >= 0.3 is 0 Å². The zero-order valence-electron chi connectivity index (χ0n) is 21.5. The maximum Gasteiger partial charge on any atom is -0.0184 e. The highest BCUT2D eigenvalue weighted by molar-refractivity contribution is 5.77. The number of allylic oxidation sites excluding steroid dienone is 12. The third-order valence-electron chi connectivity index (χ3n) is 5.83. The van der Waals surface area contributed by atoms with Crippen LogP contribution in [0.5, 0.6) is 0 Å². The molecule has 0 radical (unpaired) electrons. The van der Waals surface area contributed by atoms with Crippen LogP contribution in [0.3, 0.4) is 0 Å². The molecule has 184 valence electrons. The van der Waals surface area contributed by atoms with Crippen molar-refractivity contribution in [2.24, 2.45) is 0 Å². The van der Waals surface area contributed by atoms with Crippen LogP contribution in [0.2, 0.25) is 0 Å². The van der Waals surface area contributed by atoms with Crippen molar-refractivity contribution >= 4 is 23.3 Å². The van der Waals surface area contributed by atoms with Gasteiger partial charge in [0.15, 0.2) is 0 Å². The molecule has 0 saturated carbocycles. The first-order valence-electron chi connectivity index (χ1n) is 12.9. The van der Waals surface area contributed by atoms with Gasteiger partial charge in [0, 0.05) is 0 Å². The molecule has 4 aromatic rings. The second kappa shape index (κ2) is 15.2. The van der Waals surface area contributed by atoms with E-state index >= 15 is 0 Å². The molecule has 0 N–H and O–H groups in total. The Kier molecular flexibility index (Phi) is 10.5. The van der Waals surface area contributed by atoms with Crippen LogP contribution < -0.4 is 0 Å². The van der Waals surface area contributed by atoms with Crippen molar-refractivity contribution in [2.75, 3.05) is 0 Å². The standard InChI is InChI=1S/C38H32/c1-5-19-33(20-6-1)23-13-15-29-37(35-25-9-3-10-26-35)31-17-18-32-38(36-27-11-4-12-28-36)30-16-14-24-34-21-7-2-8-22-34/h1-32H. The van der Waals surface area contributed by atoms with Gasteiger partial charge < -0.3 is 0 Å². The lowest BCUT2D eigenvalue weighted by Crippen LogP contribution is -1.80. The van der Waals surface area contributed by atoms with E-state index in [1.54, 1.807) is 0 Å². The Balaban J connectivity index is 1.53. The predicted octanol–water partition coefficient (Wildman–Crippen LogP) is 10.2. The molecule has 0 nitrogen and oxygen atoms in total. The van der Waals surface area contributed by atoms with Crippen molar-refractivity contribution in [3.8, 4) is 0 Å². The van der Waals surface area contributed by atoms with Gasteiger partial charge in [0.25, 0.3) is 0 Å². The van der Waals surface area contributed by atoms with Crippen LogP contribution in [-0.2, 0) is 0 Å². The average Bonchev–Trinajstić information content (AvgIpc) is 2.99. The van der Waals surface area contributed by atoms with E-state index in [4.69, 9.17) is 0 Å². The summed E-state index contributed by atoms with van der Waals surface area (Å²) in [4.78, 5) is 0. The SMILES string of the molecule is C(=CC=C(C=CC=Cc1ccccc1)c1ccccc1)C=C(C=CC=Cc1ccccc1)c1ccccc1. The van der Waals surface area contributed by atoms with Gasteiger partial charge in [-0.2, -0.15) is 0 Å². The fourth-order valence-corrected chi connectivity index (χ4v) is 3.86. The molecule has 0 spiro atoms. The fourth-order valence-electron chi connectivity index (χ4n) is 3.86. The molecule has 0 saturated heterocycles. The number of hydrogen-bond acceptors (Lipinski definition) is 0. The van der Waals surface area contributed by atoms with Crippen molar-refractivity contribution in [1.29, 1.82) is 0 Å². The summed E-state index contributed by atoms with van der Waals surface area (Å²) in [7, 11) is 0. The quantitative estimate of drug-likeness (QED) is 0.195. The van der Waals surface area contributed by atoms with Gasteiger partial charge in [-0.05, 0) is 33.4 Å². The van der Waals surface area contributed by atoms with E-state index < -0.39 is 0 Å². The lowest BCUT2D eigenvalue weighted by Gasteiger charge is -2.02. The Labute approximate surface area is 227 Å². The summed E-state index contributed by atoms with van der Waals surface area (Å²) in [5, 5.41) is 0. The number of benzene rings is 4. The first-order chi connectivity index (χ1) is 18.9. The smallest absolute Gasteiger partial charge is 0.0184 e. The summed E-state index contributed by atoms with van der Waals surface area (Å²) >= 11 is 0. The molecule has 0 aromatic heterocycles. The Morgan fingerprint density at radius 3 is 1.05 bits per heavy atom. The highest BCUT2D eigenvalue weighted by Gasteiger charge is 1.96. The maximum absolute atomic E-state index is 2.15. The van der Waals surface area contributed by atoms with E-state index in [-0.39, 0.29) is 0 Å². The lowest BCUT2D eigenvalue weighted by molar-refractivity contribution is 1.61. The molecular formula is C38H32. The summed E-state index contributed by atoms with van der Waals surface area (Å²) in [6.07, 6.45) is 25.4. The van der Waals surface area contributed by atoms with Gasteiger partial charge in [0.1, 0.15) is 0 Å². The van der Waals surface area contributed by atoms with Crippen molar-refractivity contribution in [3.63, 3.8) is 0 Å². The molecule has 0 aliphatic rings. The Morgan fingerprint density at radius 2 is 0.684 bits per heavy atom. The molecule has 0 amide bonds. The molecule has 4 rings (SSSR count). The first-order valence-corrected chi connectivity index (χ1v) is 12.9. The summed E-state index contributed by atoms with van der Waals surface area (Å²) in [6, 6.07) is 41.6. The Morgan fingerprint density at radius 1 is 0.342 bits per heavy atom. The van der Waals surface area contributed by atoms with Gasteiger partial charge in [-0.1, -0.05) is 194 Å². The molecular weight excluding hydrogens is 456 g/mol. The van der Waals surface area contributed by atoms with E-state index in [0.29, 0.717) is 0 Å². The highest BCUT2D eigenvalue weighted by atomic mass is 14.0. The highest BCUT2D eigenvalue weighted by Crippen LogP contribution is 2.18. The summed E-state index contributed by atoms with van der Waals surface area (Å²) < 4.78 is 0. The molecule has 0 unspecified atom stereocenters. The fraction of sp³-hybridized carbons (Fsp3) is 0. The third kappa shape index (κ3) is 8.93. The van der Waals surface area contributed by atoms with Crippen LogP contribution in [0.4, 0.5) is 0 Å². The van der Waals surface area contributed by atoms with Crippen LogP contribution >= 0.6 is 0 Å². The zero-order chi connectivity index (χ0) is 26.1.